The van der Waals surface area contributed by atoms with Gasteiger partial charge >= 0.3 is 12.1 Å². The minimum Gasteiger partial charge on any atom is -0.488 e. The summed E-state index contributed by atoms with van der Waals surface area (Å²) in [4.78, 5) is 49.1. The summed E-state index contributed by atoms with van der Waals surface area (Å²) in [7, 11) is 1.28. The molecule has 0 aliphatic carbocycles. The Kier molecular flexibility index (Phi) is 12.1. The number of methoxy groups -OCH3 is 1. The summed E-state index contributed by atoms with van der Waals surface area (Å²) in [5, 5.41) is 4.37. The normalized spacial score (nSPS) is 17.8. The van der Waals surface area contributed by atoms with Crippen molar-refractivity contribution in [1.29, 1.82) is 0 Å². The molecule has 3 heterocycles. The van der Waals surface area contributed by atoms with Crippen LogP contribution in [0.2, 0.25) is 5.02 Å². The number of carbonyl (C=O) groups is 3. The molecule has 2 aliphatic heterocycles. The summed E-state index contributed by atoms with van der Waals surface area (Å²) in [6, 6.07) is 16.2. The molecule has 2 fully saturated rings. The predicted molar refractivity (Wildman–Crippen MR) is 207 cm³/mol. The lowest BCUT2D eigenvalue weighted by Crippen LogP contribution is -2.50. The highest BCUT2D eigenvalue weighted by molar-refractivity contribution is 6.32. The zero-order chi connectivity index (χ0) is 39.3. The van der Waals surface area contributed by atoms with E-state index in [4.69, 9.17) is 36.5 Å². The second kappa shape index (κ2) is 16.9. The number of rotatable bonds is 10. The van der Waals surface area contributed by atoms with Crippen molar-refractivity contribution in [2.75, 3.05) is 58.7 Å². The van der Waals surface area contributed by atoms with E-state index in [1.807, 2.05) is 63.2 Å². The van der Waals surface area contributed by atoms with Gasteiger partial charge in [0.05, 0.1) is 42.7 Å². The van der Waals surface area contributed by atoms with Crippen LogP contribution in [0.3, 0.4) is 0 Å². The van der Waals surface area contributed by atoms with Crippen LogP contribution in [0.4, 0.5) is 14.9 Å². The molecule has 0 saturated carbocycles. The van der Waals surface area contributed by atoms with E-state index in [1.54, 1.807) is 11.1 Å². The zero-order valence-electron chi connectivity index (χ0n) is 31.3. The number of aromatic nitrogens is 2. The Morgan fingerprint density at radius 2 is 1.82 bits per heavy atom. The van der Waals surface area contributed by atoms with E-state index in [1.165, 1.54) is 41.2 Å². The van der Waals surface area contributed by atoms with E-state index in [2.05, 4.69) is 10.00 Å². The molecule has 0 bridgehead atoms. The number of likely N-dealkylation sites (tertiary alicyclic amines) is 1. The third kappa shape index (κ3) is 9.62. The van der Waals surface area contributed by atoms with Gasteiger partial charge in [-0.3, -0.25) is 14.7 Å². The molecule has 290 valence electrons. The lowest BCUT2D eigenvalue weighted by Gasteiger charge is -2.35. The Morgan fingerprint density at radius 3 is 2.55 bits per heavy atom. The summed E-state index contributed by atoms with van der Waals surface area (Å²) in [5.41, 5.74) is 9.62. The van der Waals surface area contributed by atoms with Crippen LogP contribution >= 0.6 is 11.6 Å². The molecule has 4 aromatic rings. The van der Waals surface area contributed by atoms with Gasteiger partial charge in [0.2, 0.25) is 0 Å². The van der Waals surface area contributed by atoms with Gasteiger partial charge in [0.1, 0.15) is 29.3 Å². The summed E-state index contributed by atoms with van der Waals surface area (Å²) in [5.74, 6) is -0.944. The fourth-order valence-corrected chi connectivity index (χ4v) is 6.86. The summed E-state index contributed by atoms with van der Waals surface area (Å²) in [6.07, 6.45) is 4.06. The number of nitrogens with zero attached hydrogens (tertiary/aromatic N) is 6. The third-order valence-corrected chi connectivity index (χ3v) is 9.66. The van der Waals surface area contributed by atoms with Crippen molar-refractivity contribution in [2.45, 2.75) is 44.9 Å². The number of piperazine rings is 1. The van der Waals surface area contributed by atoms with Crippen LogP contribution in [0.25, 0.3) is 16.8 Å². The van der Waals surface area contributed by atoms with E-state index >= 15 is 0 Å². The number of nitrogen functional groups attached to an aromatic ring is 1. The highest BCUT2D eigenvalue weighted by Crippen LogP contribution is 2.32. The number of halogens is 2. The smallest absolute Gasteiger partial charge is 0.410 e. The Morgan fingerprint density at radius 1 is 1.05 bits per heavy atom. The molecule has 2 unspecified atom stereocenters. The zero-order valence-corrected chi connectivity index (χ0v) is 32.0. The van der Waals surface area contributed by atoms with Gasteiger partial charge < -0.3 is 29.7 Å². The maximum absolute atomic E-state index is 13.7. The molecule has 6 rings (SSSR count). The Labute approximate surface area is 324 Å². The summed E-state index contributed by atoms with van der Waals surface area (Å²) < 4.78 is 31.9. The van der Waals surface area contributed by atoms with Crippen molar-refractivity contribution in [2.24, 2.45) is 4.99 Å². The molecule has 13 nitrogen and oxygen atoms in total. The molecule has 2 N–H and O–H groups in total. The second-order valence-electron chi connectivity index (χ2n) is 14.4. The molecule has 2 atom stereocenters. The van der Waals surface area contributed by atoms with Crippen molar-refractivity contribution in [1.82, 2.24) is 24.5 Å². The summed E-state index contributed by atoms with van der Waals surface area (Å²) >= 11 is 6.20. The Balaban J connectivity index is 1.10. The highest BCUT2D eigenvalue weighted by atomic mass is 35.5. The average molecular weight is 774 g/mol. The first-order valence-electron chi connectivity index (χ1n) is 18.0. The van der Waals surface area contributed by atoms with Gasteiger partial charge in [-0.1, -0.05) is 35.9 Å². The highest BCUT2D eigenvalue weighted by Gasteiger charge is 2.42. The molecule has 0 spiro atoms. The van der Waals surface area contributed by atoms with E-state index < -0.39 is 35.4 Å². The van der Waals surface area contributed by atoms with Crippen LogP contribution in [0, 0.1) is 5.82 Å². The molecular weight excluding hydrogens is 729 g/mol. The number of amides is 2. The average Bonchev–Trinajstić information content (AvgIpc) is 3.81. The SMILES string of the molecule is COC(=O)C1CC(Oc2cccc(-c3cccc(N)c3C=NCCN3CCN(C(=O)OC(C)(C)C)CC3)c2)CN1C(=O)c1cnn(-c2ccc(F)cc2Cl)c1. The van der Waals surface area contributed by atoms with Gasteiger partial charge in [0, 0.05) is 62.8 Å². The van der Waals surface area contributed by atoms with Gasteiger partial charge in [-0.25, -0.2) is 18.7 Å². The van der Waals surface area contributed by atoms with E-state index in [-0.39, 0.29) is 29.6 Å². The second-order valence-corrected chi connectivity index (χ2v) is 14.8. The van der Waals surface area contributed by atoms with E-state index in [0.717, 1.165) is 42.4 Å². The van der Waals surface area contributed by atoms with Crippen LogP contribution in [0.5, 0.6) is 5.75 Å². The first-order chi connectivity index (χ1) is 26.3. The lowest BCUT2D eigenvalue weighted by atomic mass is 9.98. The number of aliphatic imine (C=N–C) groups is 1. The van der Waals surface area contributed by atoms with Gasteiger partial charge in [-0.05, 0) is 68.3 Å². The van der Waals surface area contributed by atoms with Gasteiger partial charge in [0.15, 0.2) is 0 Å². The van der Waals surface area contributed by atoms with E-state index in [9.17, 15) is 18.8 Å². The molecule has 2 aliphatic rings. The standard InChI is InChI=1S/C40H45ClFN7O6/c1-40(2,3)55-39(52)47-17-15-46(16-18-47)14-13-44-23-32-31(9-6-10-34(32)43)26-7-5-8-29(19-26)54-30-21-36(38(51)53-4)48(25-30)37(50)27-22-45-49(24-27)35-12-11-28(42)20-33(35)41/h5-12,19-20,22-24,30,36H,13-18,21,25,43H2,1-4H3. The van der Waals surface area contributed by atoms with Gasteiger partial charge in [-0.15, -0.1) is 0 Å². The van der Waals surface area contributed by atoms with Crippen molar-refractivity contribution in [3.8, 4) is 22.6 Å². The quantitative estimate of drug-likeness (QED) is 0.122. The van der Waals surface area contributed by atoms with Crippen LogP contribution in [-0.2, 0) is 14.3 Å². The van der Waals surface area contributed by atoms with Crippen molar-refractivity contribution in [3.05, 3.63) is 95.0 Å². The lowest BCUT2D eigenvalue weighted by molar-refractivity contribution is -0.145. The topological polar surface area (TPSA) is 145 Å². The number of hydrogen-bond donors (Lipinski definition) is 1. The first-order valence-corrected chi connectivity index (χ1v) is 18.4. The number of ether oxygens (including phenoxy) is 3. The number of benzene rings is 3. The van der Waals surface area contributed by atoms with Crippen molar-refractivity contribution >= 4 is 41.5 Å². The fourth-order valence-electron chi connectivity index (χ4n) is 6.61. The number of carbonyl (C=O) groups excluding carboxylic acids is 3. The van der Waals surface area contributed by atoms with Gasteiger partial charge in [0.25, 0.3) is 5.91 Å². The number of esters is 1. The first kappa shape index (κ1) is 39.2. The minimum atomic E-state index is -0.881. The monoisotopic (exact) mass is 773 g/mol. The number of anilines is 1. The van der Waals surface area contributed by atoms with Crippen LogP contribution in [0.15, 0.2) is 78.0 Å². The van der Waals surface area contributed by atoms with Crippen LogP contribution in [0.1, 0.15) is 43.1 Å². The summed E-state index contributed by atoms with van der Waals surface area (Å²) in [6.45, 7) is 9.70. The Hall–Kier alpha value is -5.47. The molecule has 2 saturated heterocycles. The van der Waals surface area contributed by atoms with Gasteiger partial charge in [-0.2, -0.15) is 5.10 Å². The largest absolute Gasteiger partial charge is 0.488 e. The van der Waals surface area contributed by atoms with Crippen molar-refractivity contribution in [3.63, 3.8) is 0 Å². The molecule has 3 aromatic carbocycles. The molecule has 15 heteroatoms. The molecule has 0 radical (unpaired) electrons. The molecular formula is C40H45ClFN7O6. The number of hydrogen-bond acceptors (Lipinski definition) is 10. The maximum Gasteiger partial charge on any atom is 0.410 e. The third-order valence-electron chi connectivity index (χ3n) is 9.36. The minimum absolute atomic E-state index is 0.123. The maximum atomic E-state index is 13.7. The van der Waals surface area contributed by atoms with E-state index in [0.29, 0.717) is 36.8 Å². The van der Waals surface area contributed by atoms with Crippen molar-refractivity contribution < 1.29 is 33.0 Å². The number of nitrogens with two attached hydrogens (primary N) is 1. The molecule has 55 heavy (non-hydrogen) atoms. The van der Waals surface area contributed by atoms with Crippen LogP contribution in [-0.4, -0.2) is 119 Å². The molecule has 1 aromatic heterocycles. The molecule has 2 amide bonds. The Bertz CT molecular complexity index is 2060. The van der Waals surface area contributed by atoms with Crippen LogP contribution < -0.4 is 10.5 Å². The fraction of sp³-hybridized carbons (Fsp3) is 0.375. The predicted octanol–water partition coefficient (Wildman–Crippen LogP) is 5.72.